The van der Waals surface area contributed by atoms with E-state index in [1.54, 1.807) is 0 Å². The smallest absolute Gasteiger partial charge is 0.317 e. The first-order valence-electron chi connectivity index (χ1n) is 13.5. The Hall–Kier alpha value is -1.06. The summed E-state index contributed by atoms with van der Waals surface area (Å²) in [6.07, 6.45) is 25.2. The van der Waals surface area contributed by atoms with E-state index < -0.39 is 17.9 Å². The summed E-state index contributed by atoms with van der Waals surface area (Å²) in [5.41, 5.74) is 0. The molecular formula is C27H52O4. The van der Waals surface area contributed by atoms with Crippen molar-refractivity contribution in [2.75, 3.05) is 0 Å². The molecule has 0 heterocycles. The molecule has 1 unspecified atom stereocenters. The molecule has 0 aromatic heterocycles. The van der Waals surface area contributed by atoms with Gasteiger partial charge in [-0.1, -0.05) is 142 Å². The van der Waals surface area contributed by atoms with Crippen LogP contribution in [-0.4, -0.2) is 22.2 Å². The van der Waals surface area contributed by atoms with Crippen LogP contribution in [0.1, 0.15) is 149 Å². The van der Waals surface area contributed by atoms with Gasteiger partial charge in [0.15, 0.2) is 5.92 Å². The topological polar surface area (TPSA) is 74.6 Å². The van der Waals surface area contributed by atoms with E-state index in [0.717, 1.165) is 25.7 Å². The second kappa shape index (κ2) is 22.1. The Morgan fingerprint density at radius 2 is 0.806 bits per heavy atom. The molecule has 0 aromatic carbocycles. The minimum atomic E-state index is -1.25. The summed E-state index contributed by atoms with van der Waals surface area (Å²) in [5, 5.41) is 18.5. The van der Waals surface area contributed by atoms with Crippen LogP contribution < -0.4 is 0 Å². The molecule has 0 saturated carbocycles. The molecule has 31 heavy (non-hydrogen) atoms. The number of unbranched alkanes of at least 4 members (excludes halogenated alkanes) is 16. The van der Waals surface area contributed by atoms with E-state index in [1.807, 2.05) is 0 Å². The van der Waals surface area contributed by atoms with Crippen molar-refractivity contribution < 1.29 is 19.8 Å². The molecule has 0 spiro atoms. The first-order valence-corrected chi connectivity index (χ1v) is 13.5. The van der Waals surface area contributed by atoms with Gasteiger partial charge in [-0.25, -0.2) is 0 Å². The van der Waals surface area contributed by atoms with E-state index in [0.29, 0.717) is 6.42 Å². The highest BCUT2D eigenvalue weighted by Gasteiger charge is 2.28. The van der Waals surface area contributed by atoms with E-state index >= 15 is 0 Å². The Balaban J connectivity index is 4.10. The summed E-state index contributed by atoms with van der Waals surface area (Å²) in [6.45, 7) is 4.48. The van der Waals surface area contributed by atoms with Crippen molar-refractivity contribution >= 4 is 11.9 Å². The fourth-order valence-corrected chi connectivity index (χ4v) is 4.51. The van der Waals surface area contributed by atoms with Gasteiger partial charge in [0, 0.05) is 0 Å². The molecule has 0 aliphatic rings. The lowest BCUT2D eigenvalue weighted by atomic mass is 9.86. The summed E-state index contributed by atoms with van der Waals surface area (Å²) in [6, 6.07) is 0. The largest absolute Gasteiger partial charge is 0.481 e. The van der Waals surface area contributed by atoms with Gasteiger partial charge in [-0.05, 0) is 12.3 Å². The maximum absolute atomic E-state index is 11.3. The fourth-order valence-electron chi connectivity index (χ4n) is 4.51. The van der Waals surface area contributed by atoms with Crippen LogP contribution >= 0.6 is 0 Å². The molecule has 0 aliphatic carbocycles. The predicted molar refractivity (Wildman–Crippen MR) is 131 cm³/mol. The molecule has 0 saturated heterocycles. The van der Waals surface area contributed by atoms with Crippen LogP contribution in [0.25, 0.3) is 0 Å². The number of hydrogen-bond acceptors (Lipinski definition) is 2. The van der Waals surface area contributed by atoms with Gasteiger partial charge in [0.1, 0.15) is 0 Å². The normalized spacial score (nSPS) is 12.4. The third kappa shape index (κ3) is 19.4. The zero-order valence-corrected chi connectivity index (χ0v) is 20.7. The van der Waals surface area contributed by atoms with Crippen molar-refractivity contribution in [3.8, 4) is 0 Å². The molecule has 0 rings (SSSR count). The number of rotatable bonds is 24. The van der Waals surface area contributed by atoms with Crippen LogP contribution in [0.4, 0.5) is 0 Å². The standard InChI is InChI=1S/C27H52O4/c1-3-5-7-9-11-13-14-16-18-20-22-24(23-25(26(28)29)27(30)31)21-19-17-15-12-10-8-6-4-2/h24-25H,3-23H2,1-2H3,(H,28,29)(H,30,31). The predicted octanol–water partition coefficient (Wildman–Crippen LogP) is 8.62. The molecule has 0 aliphatic heterocycles. The van der Waals surface area contributed by atoms with Gasteiger partial charge in [0.25, 0.3) is 0 Å². The summed E-state index contributed by atoms with van der Waals surface area (Å²) in [4.78, 5) is 22.7. The van der Waals surface area contributed by atoms with Crippen molar-refractivity contribution in [1.82, 2.24) is 0 Å². The second-order valence-corrected chi connectivity index (χ2v) is 9.56. The third-order valence-electron chi connectivity index (χ3n) is 6.60. The van der Waals surface area contributed by atoms with E-state index in [-0.39, 0.29) is 5.92 Å². The first-order chi connectivity index (χ1) is 15.0. The van der Waals surface area contributed by atoms with Crippen LogP contribution in [0.3, 0.4) is 0 Å². The average molecular weight is 441 g/mol. The zero-order valence-electron chi connectivity index (χ0n) is 20.7. The molecule has 2 N–H and O–H groups in total. The SMILES string of the molecule is CCCCCCCCCCCCC(CCCCCCCCCC)CC(C(=O)O)C(=O)O. The molecular weight excluding hydrogens is 388 g/mol. The van der Waals surface area contributed by atoms with E-state index in [4.69, 9.17) is 0 Å². The van der Waals surface area contributed by atoms with Crippen LogP contribution in [0.5, 0.6) is 0 Å². The van der Waals surface area contributed by atoms with Gasteiger partial charge in [0.05, 0.1) is 0 Å². The number of aliphatic carboxylic acids is 2. The van der Waals surface area contributed by atoms with Gasteiger partial charge in [0.2, 0.25) is 0 Å². The van der Waals surface area contributed by atoms with Crippen LogP contribution in [0.2, 0.25) is 0 Å². The van der Waals surface area contributed by atoms with Crippen molar-refractivity contribution in [2.24, 2.45) is 11.8 Å². The Kier molecular flexibility index (Phi) is 21.4. The van der Waals surface area contributed by atoms with Gasteiger partial charge in [-0.3, -0.25) is 9.59 Å². The second-order valence-electron chi connectivity index (χ2n) is 9.56. The van der Waals surface area contributed by atoms with Crippen molar-refractivity contribution in [1.29, 1.82) is 0 Å². The quantitative estimate of drug-likeness (QED) is 0.116. The highest BCUT2D eigenvalue weighted by molar-refractivity contribution is 5.92. The molecule has 0 radical (unpaired) electrons. The summed E-state index contributed by atoms with van der Waals surface area (Å²) in [5.74, 6) is -3.39. The minimum absolute atomic E-state index is 0.228. The van der Waals surface area contributed by atoms with E-state index in [1.165, 1.54) is 103 Å². The fraction of sp³-hybridized carbons (Fsp3) is 0.926. The van der Waals surface area contributed by atoms with E-state index in [9.17, 15) is 19.8 Å². The highest BCUT2D eigenvalue weighted by Crippen LogP contribution is 2.26. The first kappa shape index (κ1) is 29.9. The Labute approximate surface area is 192 Å². The molecule has 0 bridgehead atoms. The van der Waals surface area contributed by atoms with Gasteiger partial charge in [-0.15, -0.1) is 0 Å². The number of hydrogen-bond donors (Lipinski definition) is 2. The Morgan fingerprint density at radius 3 is 1.10 bits per heavy atom. The van der Waals surface area contributed by atoms with Crippen molar-refractivity contribution in [2.45, 2.75) is 149 Å². The summed E-state index contributed by atoms with van der Waals surface area (Å²) < 4.78 is 0. The molecule has 184 valence electrons. The summed E-state index contributed by atoms with van der Waals surface area (Å²) in [7, 11) is 0. The zero-order chi connectivity index (χ0) is 23.2. The third-order valence-corrected chi connectivity index (χ3v) is 6.60. The molecule has 4 nitrogen and oxygen atoms in total. The van der Waals surface area contributed by atoms with Crippen LogP contribution in [0.15, 0.2) is 0 Å². The summed E-state index contributed by atoms with van der Waals surface area (Å²) >= 11 is 0. The molecule has 0 fully saturated rings. The minimum Gasteiger partial charge on any atom is -0.481 e. The van der Waals surface area contributed by atoms with Gasteiger partial charge >= 0.3 is 11.9 Å². The Morgan fingerprint density at radius 1 is 0.516 bits per heavy atom. The monoisotopic (exact) mass is 440 g/mol. The number of carboxylic acid groups (broad SMARTS) is 2. The van der Waals surface area contributed by atoms with Gasteiger partial charge in [-0.2, -0.15) is 0 Å². The van der Waals surface area contributed by atoms with Gasteiger partial charge < -0.3 is 10.2 Å². The average Bonchev–Trinajstić information content (AvgIpc) is 2.73. The number of carboxylic acids is 2. The van der Waals surface area contributed by atoms with Crippen LogP contribution in [-0.2, 0) is 9.59 Å². The molecule has 1 atom stereocenters. The molecule has 4 heteroatoms. The lowest BCUT2D eigenvalue weighted by molar-refractivity contribution is -0.155. The highest BCUT2D eigenvalue weighted by atomic mass is 16.4. The lowest BCUT2D eigenvalue weighted by Gasteiger charge is -2.19. The Bertz CT molecular complexity index is 407. The maximum atomic E-state index is 11.3. The molecule has 0 aromatic rings. The lowest BCUT2D eigenvalue weighted by Crippen LogP contribution is -2.26. The molecule has 0 amide bonds. The van der Waals surface area contributed by atoms with Crippen molar-refractivity contribution in [3.63, 3.8) is 0 Å². The van der Waals surface area contributed by atoms with Crippen molar-refractivity contribution in [3.05, 3.63) is 0 Å². The van der Waals surface area contributed by atoms with E-state index in [2.05, 4.69) is 13.8 Å². The maximum Gasteiger partial charge on any atom is 0.317 e. The number of carbonyl (C=O) groups is 2. The van der Waals surface area contributed by atoms with Crippen LogP contribution in [0, 0.1) is 11.8 Å².